The van der Waals surface area contributed by atoms with Gasteiger partial charge in [0, 0.05) is 5.54 Å². The minimum atomic E-state index is -0.308. The van der Waals surface area contributed by atoms with Crippen molar-refractivity contribution in [1.29, 1.82) is 0 Å². The standard InChI is InChI=1S/C13H18BrNO/c1-13(2,15)9-6-7-12(11(14)8-9)16-10-4-3-5-10/h6-8,10H,3-5,15H2,1-2H3. The molecule has 1 aromatic rings. The van der Waals surface area contributed by atoms with Crippen LogP contribution in [0.5, 0.6) is 5.75 Å². The van der Waals surface area contributed by atoms with Crippen LogP contribution in [0, 0.1) is 0 Å². The Bertz CT molecular complexity index is 380. The maximum atomic E-state index is 6.05. The number of nitrogens with two attached hydrogens (primary N) is 1. The summed E-state index contributed by atoms with van der Waals surface area (Å²) in [5.41, 5.74) is 6.86. The molecular formula is C13H18BrNO. The van der Waals surface area contributed by atoms with Gasteiger partial charge in [0.2, 0.25) is 0 Å². The first-order chi connectivity index (χ1) is 7.47. The van der Waals surface area contributed by atoms with E-state index in [-0.39, 0.29) is 5.54 Å². The van der Waals surface area contributed by atoms with E-state index in [1.807, 2.05) is 32.0 Å². The molecule has 0 aromatic heterocycles. The van der Waals surface area contributed by atoms with Gasteiger partial charge in [-0.05, 0) is 66.7 Å². The maximum Gasteiger partial charge on any atom is 0.133 e. The van der Waals surface area contributed by atoms with Crippen LogP contribution < -0.4 is 10.5 Å². The third-order valence-electron chi connectivity index (χ3n) is 3.02. The van der Waals surface area contributed by atoms with Crippen molar-refractivity contribution in [3.8, 4) is 5.75 Å². The van der Waals surface area contributed by atoms with Crippen LogP contribution >= 0.6 is 15.9 Å². The summed E-state index contributed by atoms with van der Waals surface area (Å²) < 4.78 is 6.86. The van der Waals surface area contributed by atoms with Crippen LogP contribution in [0.1, 0.15) is 38.7 Å². The minimum absolute atomic E-state index is 0.308. The predicted octanol–water partition coefficient (Wildman–Crippen LogP) is 3.57. The molecule has 1 saturated carbocycles. The molecule has 0 radical (unpaired) electrons. The van der Waals surface area contributed by atoms with Crippen molar-refractivity contribution in [3.05, 3.63) is 28.2 Å². The van der Waals surface area contributed by atoms with Gasteiger partial charge in [0.05, 0.1) is 10.6 Å². The Morgan fingerprint density at radius 2 is 2.06 bits per heavy atom. The molecule has 0 amide bonds. The SMILES string of the molecule is CC(C)(N)c1ccc(OC2CCC2)c(Br)c1. The highest BCUT2D eigenvalue weighted by Gasteiger charge is 2.21. The van der Waals surface area contributed by atoms with Crippen molar-refractivity contribution in [2.45, 2.75) is 44.8 Å². The first kappa shape index (κ1) is 11.9. The Balaban J connectivity index is 2.15. The lowest BCUT2D eigenvalue weighted by Gasteiger charge is -2.27. The monoisotopic (exact) mass is 283 g/mol. The Morgan fingerprint density at radius 3 is 2.50 bits per heavy atom. The van der Waals surface area contributed by atoms with Crippen LogP contribution in [0.3, 0.4) is 0 Å². The van der Waals surface area contributed by atoms with Gasteiger partial charge in [-0.25, -0.2) is 0 Å². The number of halogens is 1. The molecule has 1 fully saturated rings. The van der Waals surface area contributed by atoms with Crippen LogP contribution in [-0.2, 0) is 5.54 Å². The van der Waals surface area contributed by atoms with Gasteiger partial charge in [0.15, 0.2) is 0 Å². The number of benzene rings is 1. The van der Waals surface area contributed by atoms with Gasteiger partial charge in [-0.2, -0.15) is 0 Å². The summed E-state index contributed by atoms with van der Waals surface area (Å²) in [6, 6.07) is 6.10. The zero-order valence-electron chi connectivity index (χ0n) is 9.79. The lowest BCUT2D eigenvalue weighted by molar-refractivity contribution is 0.119. The fraction of sp³-hybridized carbons (Fsp3) is 0.538. The van der Waals surface area contributed by atoms with Gasteiger partial charge in [0.1, 0.15) is 5.75 Å². The smallest absolute Gasteiger partial charge is 0.133 e. The first-order valence-electron chi connectivity index (χ1n) is 5.72. The molecule has 0 atom stereocenters. The van der Waals surface area contributed by atoms with E-state index in [4.69, 9.17) is 10.5 Å². The molecule has 16 heavy (non-hydrogen) atoms. The highest BCUT2D eigenvalue weighted by molar-refractivity contribution is 9.10. The Morgan fingerprint density at radius 1 is 1.38 bits per heavy atom. The molecule has 0 saturated heterocycles. The second kappa shape index (κ2) is 4.38. The molecule has 0 heterocycles. The molecular weight excluding hydrogens is 266 g/mol. The van der Waals surface area contributed by atoms with Crippen molar-refractivity contribution < 1.29 is 4.74 Å². The van der Waals surface area contributed by atoms with Crippen molar-refractivity contribution in [2.75, 3.05) is 0 Å². The van der Waals surface area contributed by atoms with Gasteiger partial charge in [-0.1, -0.05) is 6.07 Å². The number of rotatable bonds is 3. The number of hydrogen-bond donors (Lipinski definition) is 1. The minimum Gasteiger partial charge on any atom is -0.489 e. The molecule has 0 bridgehead atoms. The molecule has 3 heteroatoms. The summed E-state index contributed by atoms with van der Waals surface area (Å²) >= 11 is 3.54. The number of ether oxygens (including phenoxy) is 1. The molecule has 0 unspecified atom stereocenters. The third-order valence-corrected chi connectivity index (χ3v) is 3.64. The van der Waals surface area contributed by atoms with E-state index in [0.29, 0.717) is 6.10 Å². The Kier molecular flexibility index (Phi) is 3.27. The lowest BCUT2D eigenvalue weighted by atomic mass is 9.95. The maximum absolute atomic E-state index is 6.05. The van der Waals surface area contributed by atoms with E-state index in [9.17, 15) is 0 Å². The molecule has 88 valence electrons. The summed E-state index contributed by atoms with van der Waals surface area (Å²) in [5.74, 6) is 0.928. The van der Waals surface area contributed by atoms with E-state index in [1.54, 1.807) is 0 Å². The molecule has 1 aromatic carbocycles. The molecule has 2 rings (SSSR count). The van der Waals surface area contributed by atoms with Crippen LogP contribution in [0.2, 0.25) is 0 Å². The van der Waals surface area contributed by atoms with E-state index >= 15 is 0 Å². The quantitative estimate of drug-likeness (QED) is 0.920. The van der Waals surface area contributed by atoms with Crippen LogP contribution in [0.25, 0.3) is 0 Å². The van der Waals surface area contributed by atoms with E-state index in [0.717, 1.165) is 15.8 Å². The third kappa shape index (κ3) is 2.58. The van der Waals surface area contributed by atoms with Crippen molar-refractivity contribution in [3.63, 3.8) is 0 Å². The lowest BCUT2D eigenvalue weighted by Crippen LogP contribution is -2.28. The zero-order chi connectivity index (χ0) is 11.8. The largest absolute Gasteiger partial charge is 0.489 e. The van der Waals surface area contributed by atoms with E-state index in [1.165, 1.54) is 19.3 Å². The van der Waals surface area contributed by atoms with E-state index in [2.05, 4.69) is 15.9 Å². The van der Waals surface area contributed by atoms with Gasteiger partial charge >= 0.3 is 0 Å². The average molecular weight is 284 g/mol. The van der Waals surface area contributed by atoms with Gasteiger partial charge < -0.3 is 10.5 Å². The first-order valence-corrected chi connectivity index (χ1v) is 6.52. The second-order valence-corrected chi connectivity index (χ2v) is 5.89. The van der Waals surface area contributed by atoms with Crippen LogP contribution in [0.4, 0.5) is 0 Å². The van der Waals surface area contributed by atoms with Crippen molar-refractivity contribution in [2.24, 2.45) is 5.73 Å². The summed E-state index contributed by atoms with van der Waals surface area (Å²) in [6.45, 7) is 4.00. The Hall–Kier alpha value is -0.540. The number of hydrogen-bond acceptors (Lipinski definition) is 2. The van der Waals surface area contributed by atoms with E-state index < -0.39 is 0 Å². The normalized spacial score (nSPS) is 17.0. The Labute approximate surface area is 105 Å². The molecule has 2 nitrogen and oxygen atoms in total. The van der Waals surface area contributed by atoms with Crippen molar-refractivity contribution >= 4 is 15.9 Å². The summed E-state index contributed by atoms with van der Waals surface area (Å²) in [4.78, 5) is 0. The topological polar surface area (TPSA) is 35.2 Å². The molecule has 0 spiro atoms. The highest BCUT2D eigenvalue weighted by Crippen LogP contribution is 2.33. The van der Waals surface area contributed by atoms with Gasteiger partial charge in [-0.15, -0.1) is 0 Å². The fourth-order valence-corrected chi connectivity index (χ4v) is 2.14. The predicted molar refractivity (Wildman–Crippen MR) is 69.6 cm³/mol. The summed E-state index contributed by atoms with van der Waals surface area (Å²) in [7, 11) is 0. The average Bonchev–Trinajstić information content (AvgIpc) is 2.11. The fourth-order valence-electron chi connectivity index (χ4n) is 1.67. The highest BCUT2D eigenvalue weighted by atomic mass is 79.9. The summed E-state index contributed by atoms with van der Waals surface area (Å²) in [6.07, 6.45) is 4.05. The summed E-state index contributed by atoms with van der Waals surface area (Å²) in [5, 5.41) is 0. The molecule has 2 N–H and O–H groups in total. The van der Waals surface area contributed by atoms with Gasteiger partial charge in [-0.3, -0.25) is 0 Å². The second-order valence-electron chi connectivity index (χ2n) is 5.04. The van der Waals surface area contributed by atoms with Gasteiger partial charge in [0.25, 0.3) is 0 Å². The van der Waals surface area contributed by atoms with Crippen LogP contribution in [-0.4, -0.2) is 6.10 Å². The van der Waals surface area contributed by atoms with Crippen molar-refractivity contribution in [1.82, 2.24) is 0 Å². The molecule has 1 aliphatic rings. The zero-order valence-corrected chi connectivity index (χ0v) is 11.4. The van der Waals surface area contributed by atoms with Crippen LogP contribution in [0.15, 0.2) is 22.7 Å². The molecule has 0 aliphatic heterocycles. The molecule has 1 aliphatic carbocycles.